The number of halogens is 1. The minimum Gasteiger partial charge on any atom is -0.354 e. The molecule has 0 aliphatic heterocycles. The molecule has 5 heteroatoms. The van der Waals surface area contributed by atoms with Crippen LogP contribution in [0.4, 0.5) is 0 Å². The van der Waals surface area contributed by atoms with E-state index in [1.807, 2.05) is 14.0 Å². The van der Waals surface area contributed by atoms with E-state index < -0.39 is 0 Å². The van der Waals surface area contributed by atoms with Crippen LogP contribution in [0.15, 0.2) is 24.3 Å². The molecular weight excluding hydrogens is 280 g/mol. The SMILES string of the molecule is CNC(C)CNC(=O)CSCc1cccc(C)c1.Cl. The maximum Gasteiger partial charge on any atom is 0.230 e. The van der Waals surface area contributed by atoms with Crippen molar-refractivity contribution >= 4 is 30.1 Å². The van der Waals surface area contributed by atoms with Crippen molar-refractivity contribution in [3.63, 3.8) is 0 Å². The van der Waals surface area contributed by atoms with Gasteiger partial charge >= 0.3 is 0 Å². The summed E-state index contributed by atoms with van der Waals surface area (Å²) in [4.78, 5) is 11.6. The Kier molecular flexibility index (Phi) is 9.74. The number of rotatable bonds is 7. The zero-order valence-electron chi connectivity index (χ0n) is 11.7. The van der Waals surface area contributed by atoms with Gasteiger partial charge in [0, 0.05) is 18.3 Å². The van der Waals surface area contributed by atoms with Gasteiger partial charge in [-0.05, 0) is 26.5 Å². The molecule has 1 aromatic rings. The first-order valence-corrected chi connectivity index (χ1v) is 7.34. The molecule has 0 fully saturated rings. The molecule has 0 bridgehead atoms. The van der Waals surface area contributed by atoms with Gasteiger partial charge in [-0.1, -0.05) is 29.8 Å². The van der Waals surface area contributed by atoms with E-state index in [1.165, 1.54) is 11.1 Å². The summed E-state index contributed by atoms with van der Waals surface area (Å²) in [5.41, 5.74) is 2.54. The van der Waals surface area contributed by atoms with Gasteiger partial charge < -0.3 is 10.6 Å². The summed E-state index contributed by atoms with van der Waals surface area (Å²) in [6.07, 6.45) is 0. The zero-order chi connectivity index (χ0) is 13.4. The largest absolute Gasteiger partial charge is 0.354 e. The van der Waals surface area contributed by atoms with Gasteiger partial charge in [0.15, 0.2) is 0 Å². The van der Waals surface area contributed by atoms with Gasteiger partial charge in [-0.25, -0.2) is 0 Å². The van der Waals surface area contributed by atoms with Crippen molar-refractivity contribution in [1.29, 1.82) is 0 Å². The molecule has 2 N–H and O–H groups in total. The van der Waals surface area contributed by atoms with Crippen LogP contribution in [0.1, 0.15) is 18.1 Å². The third kappa shape index (κ3) is 8.14. The van der Waals surface area contributed by atoms with Crippen molar-refractivity contribution in [2.75, 3.05) is 19.3 Å². The monoisotopic (exact) mass is 302 g/mol. The maximum atomic E-state index is 11.6. The predicted molar refractivity (Wildman–Crippen MR) is 86.1 cm³/mol. The van der Waals surface area contributed by atoms with Gasteiger partial charge in [0.05, 0.1) is 5.75 Å². The summed E-state index contributed by atoms with van der Waals surface area (Å²) < 4.78 is 0. The van der Waals surface area contributed by atoms with Crippen LogP contribution in [-0.4, -0.2) is 31.3 Å². The van der Waals surface area contributed by atoms with Crippen molar-refractivity contribution in [3.05, 3.63) is 35.4 Å². The standard InChI is InChI=1S/C14H22N2OS.ClH/c1-11-5-4-6-13(7-11)9-18-10-14(17)16-8-12(2)15-3;/h4-7,12,15H,8-10H2,1-3H3,(H,16,17);1H. The topological polar surface area (TPSA) is 41.1 Å². The fraction of sp³-hybridized carbons (Fsp3) is 0.500. The van der Waals surface area contributed by atoms with Gasteiger partial charge in [0.1, 0.15) is 0 Å². The minimum absolute atomic E-state index is 0. The third-order valence-electron chi connectivity index (χ3n) is 2.68. The van der Waals surface area contributed by atoms with E-state index in [0.29, 0.717) is 18.3 Å². The molecule has 1 amide bonds. The van der Waals surface area contributed by atoms with Crippen LogP contribution in [0, 0.1) is 6.92 Å². The van der Waals surface area contributed by atoms with Crippen LogP contribution < -0.4 is 10.6 Å². The Bertz CT molecular complexity index is 387. The highest BCUT2D eigenvalue weighted by atomic mass is 35.5. The van der Waals surface area contributed by atoms with E-state index in [0.717, 1.165) is 5.75 Å². The first-order chi connectivity index (χ1) is 8.61. The molecule has 3 nitrogen and oxygen atoms in total. The highest BCUT2D eigenvalue weighted by molar-refractivity contribution is 7.99. The Morgan fingerprint density at radius 3 is 2.79 bits per heavy atom. The van der Waals surface area contributed by atoms with E-state index in [9.17, 15) is 4.79 Å². The van der Waals surface area contributed by atoms with E-state index in [-0.39, 0.29) is 18.3 Å². The first-order valence-electron chi connectivity index (χ1n) is 6.19. The van der Waals surface area contributed by atoms with E-state index in [1.54, 1.807) is 11.8 Å². The van der Waals surface area contributed by atoms with Gasteiger partial charge in [-0.3, -0.25) is 4.79 Å². The number of benzene rings is 1. The second-order valence-electron chi connectivity index (χ2n) is 4.48. The number of thioether (sulfide) groups is 1. The fourth-order valence-corrected chi connectivity index (χ4v) is 2.29. The number of carbonyl (C=O) groups is 1. The predicted octanol–water partition coefficient (Wildman–Crippen LogP) is 2.37. The Labute approximate surface area is 126 Å². The molecule has 108 valence electrons. The highest BCUT2D eigenvalue weighted by Gasteiger charge is 2.04. The van der Waals surface area contributed by atoms with Crippen LogP contribution in [0.25, 0.3) is 0 Å². The van der Waals surface area contributed by atoms with Gasteiger partial charge in [0.2, 0.25) is 5.91 Å². The van der Waals surface area contributed by atoms with Gasteiger partial charge in [-0.15, -0.1) is 24.2 Å². The number of amides is 1. The lowest BCUT2D eigenvalue weighted by atomic mass is 10.2. The molecule has 1 atom stereocenters. The summed E-state index contributed by atoms with van der Waals surface area (Å²) in [7, 11) is 1.89. The highest BCUT2D eigenvalue weighted by Crippen LogP contribution is 2.13. The molecule has 0 spiro atoms. The summed E-state index contributed by atoms with van der Waals surface area (Å²) in [5.74, 6) is 1.51. The zero-order valence-corrected chi connectivity index (χ0v) is 13.4. The molecule has 1 rings (SSSR count). The van der Waals surface area contributed by atoms with Crippen LogP contribution >= 0.6 is 24.2 Å². The molecular formula is C14H23ClN2OS. The summed E-state index contributed by atoms with van der Waals surface area (Å²) in [6, 6.07) is 8.71. The Hall–Kier alpha value is -0.710. The maximum absolute atomic E-state index is 11.6. The van der Waals surface area contributed by atoms with Crippen molar-refractivity contribution < 1.29 is 4.79 Å². The van der Waals surface area contributed by atoms with Crippen LogP contribution in [0.2, 0.25) is 0 Å². The molecule has 0 aromatic heterocycles. The average molecular weight is 303 g/mol. The van der Waals surface area contributed by atoms with Crippen molar-refractivity contribution in [2.24, 2.45) is 0 Å². The number of hydrogen-bond acceptors (Lipinski definition) is 3. The third-order valence-corrected chi connectivity index (χ3v) is 3.69. The molecule has 1 aromatic carbocycles. The Morgan fingerprint density at radius 1 is 1.42 bits per heavy atom. The smallest absolute Gasteiger partial charge is 0.230 e. The summed E-state index contributed by atoms with van der Waals surface area (Å²) in [5, 5.41) is 6.00. The van der Waals surface area contributed by atoms with Crippen molar-refractivity contribution in [1.82, 2.24) is 10.6 Å². The van der Waals surface area contributed by atoms with Crippen LogP contribution in [0.5, 0.6) is 0 Å². The lowest BCUT2D eigenvalue weighted by Gasteiger charge is -2.11. The Morgan fingerprint density at radius 2 is 2.16 bits per heavy atom. The molecule has 0 radical (unpaired) electrons. The second kappa shape index (κ2) is 10.1. The number of carbonyl (C=O) groups excluding carboxylic acids is 1. The number of likely N-dealkylation sites (N-methyl/N-ethyl adjacent to an activating group) is 1. The van der Waals surface area contributed by atoms with Gasteiger partial charge in [0.25, 0.3) is 0 Å². The molecule has 0 aliphatic carbocycles. The minimum atomic E-state index is 0. The second-order valence-corrected chi connectivity index (χ2v) is 5.46. The van der Waals surface area contributed by atoms with Crippen molar-refractivity contribution in [3.8, 4) is 0 Å². The van der Waals surface area contributed by atoms with E-state index in [4.69, 9.17) is 0 Å². The quantitative estimate of drug-likeness (QED) is 0.812. The molecule has 1 unspecified atom stereocenters. The molecule has 0 heterocycles. The number of nitrogens with one attached hydrogen (secondary N) is 2. The molecule has 19 heavy (non-hydrogen) atoms. The first kappa shape index (κ1) is 18.3. The van der Waals surface area contributed by atoms with Gasteiger partial charge in [-0.2, -0.15) is 0 Å². The number of aryl methyl sites for hydroxylation is 1. The Balaban J connectivity index is 0.00000324. The van der Waals surface area contributed by atoms with Crippen LogP contribution in [-0.2, 0) is 10.5 Å². The van der Waals surface area contributed by atoms with Crippen LogP contribution in [0.3, 0.4) is 0 Å². The lowest BCUT2D eigenvalue weighted by Crippen LogP contribution is -2.37. The molecule has 0 saturated carbocycles. The lowest BCUT2D eigenvalue weighted by molar-refractivity contribution is -0.118. The molecule has 0 saturated heterocycles. The normalized spacial score (nSPS) is 11.5. The summed E-state index contributed by atoms with van der Waals surface area (Å²) in [6.45, 7) is 4.81. The average Bonchev–Trinajstić information content (AvgIpc) is 2.36. The molecule has 0 aliphatic rings. The summed E-state index contributed by atoms with van der Waals surface area (Å²) >= 11 is 1.65. The fourth-order valence-electron chi connectivity index (χ4n) is 1.48. The van der Waals surface area contributed by atoms with E-state index >= 15 is 0 Å². The number of hydrogen-bond donors (Lipinski definition) is 2. The van der Waals surface area contributed by atoms with E-state index in [2.05, 4.69) is 41.8 Å². The van der Waals surface area contributed by atoms with Crippen molar-refractivity contribution in [2.45, 2.75) is 25.6 Å².